The Morgan fingerprint density at radius 2 is 2.31 bits per heavy atom. The standard InChI is InChI=1S/C9H5BrF2N2O2/c10-8-7(9(11)12)4(3-13)1-5(14-8)2-6(15)16/h1,9H,2H2,(H,15,16). The molecule has 0 spiro atoms. The van der Waals surface area contributed by atoms with Crippen molar-refractivity contribution in [2.45, 2.75) is 12.8 Å². The number of halogens is 3. The predicted octanol–water partition coefficient (Wildman–Crippen LogP) is 2.28. The van der Waals surface area contributed by atoms with E-state index in [2.05, 4.69) is 20.9 Å². The molecule has 1 aromatic rings. The minimum atomic E-state index is -2.84. The fourth-order valence-electron chi connectivity index (χ4n) is 1.12. The number of hydrogen-bond donors (Lipinski definition) is 1. The van der Waals surface area contributed by atoms with E-state index in [0.29, 0.717) is 0 Å². The van der Waals surface area contributed by atoms with Gasteiger partial charge in [0.1, 0.15) is 4.60 Å². The third kappa shape index (κ3) is 2.73. The molecule has 0 aliphatic rings. The zero-order valence-electron chi connectivity index (χ0n) is 7.75. The number of aliphatic carboxylic acids is 1. The van der Waals surface area contributed by atoms with Gasteiger partial charge in [0.05, 0.1) is 29.3 Å². The van der Waals surface area contributed by atoms with Crippen molar-refractivity contribution >= 4 is 21.9 Å². The minimum Gasteiger partial charge on any atom is -0.481 e. The highest BCUT2D eigenvalue weighted by atomic mass is 79.9. The molecule has 0 saturated carbocycles. The molecular formula is C9H5BrF2N2O2. The normalized spacial score (nSPS) is 10.2. The topological polar surface area (TPSA) is 74.0 Å². The third-order valence-electron chi connectivity index (χ3n) is 1.74. The van der Waals surface area contributed by atoms with Crippen LogP contribution < -0.4 is 0 Å². The van der Waals surface area contributed by atoms with Crippen molar-refractivity contribution in [2.75, 3.05) is 0 Å². The van der Waals surface area contributed by atoms with Crippen LogP contribution in [0.1, 0.15) is 23.2 Å². The summed E-state index contributed by atoms with van der Waals surface area (Å²) < 4.78 is 24.9. The van der Waals surface area contributed by atoms with Crippen molar-refractivity contribution in [2.24, 2.45) is 0 Å². The van der Waals surface area contributed by atoms with E-state index in [1.54, 1.807) is 6.07 Å². The second kappa shape index (κ2) is 4.99. The van der Waals surface area contributed by atoms with Crippen LogP contribution in [0.15, 0.2) is 10.7 Å². The van der Waals surface area contributed by atoms with Gasteiger partial charge in [-0.1, -0.05) is 0 Å². The summed E-state index contributed by atoms with van der Waals surface area (Å²) in [6, 6.07) is 2.64. The van der Waals surface area contributed by atoms with E-state index in [0.717, 1.165) is 6.07 Å². The molecule has 0 radical (unpaired) electrons. The monoisotopic (exact) mass is 290 g/mol. The Kier molecular flexibility index (Phi) is 3.90. The van der Waals surface area contributed by atoms with Gasteiger partial charge >= 0.3 is 5.97 Å². The lowest BCUT2D eigenvalue weighted by Gasteiger charge is -2.06. The lowest BCUT2D eigenvalue weighted by atomic mass is 10.1. The number of carboxylic acid groups (broad SMARTS) is 1. The van der Waals surface area contributed by atoms with Crippen LogP contribution in [0.4, 0.5) is 8.78 Å². The van der Waals surface area contributed by atoms with E-state index in [4.69, 9.17) is 10.4 Å². The lowest BCUT2D eigenvalue weighted by Crippen LogP contribution is -2.05. The highest BCUT2D eigenvalue weighted by Crippen LogP contribution is 2.29. The van der Waals surface area contributed by atoms with Gasteiger partial charge in [-0.25, -0.2) is 13.8 Å². The number of aromatic nitrogens is 1. The van der Waals surface area contributed by atoms with Gasteiger partial charge in [-0.05, 0) is 22.0 Å². The zero-order chi connectivity index (χ0) is 12.3. The number of nitrogens with zero attached hydrogens (tertiary/aromatic N) is 2. The molecule has 1 heterocycles. The Labute approximate surface area is 97.7 Å². The molecule has 16 heavy (non-hydrogen) atoms. The second-order valence-corrected chi connectivity index (χ2v) is 3.60. The molecule has 4 nitrogen and oxygen atoms in total. The summed E-state index contributed by atoms with van der Waals surface area (Å²) in [4.78, 5) is 14.1. The Balaban J connectivity index is 3.28. The van der Waals surface area contributed by atoms with Gasteiger partial charge < -0.3 is 5.11 Å². The van der Waals surface area contributed by atoms with Gasteiger partial charge in [-0.3, -0.25) is 4.79 Å². The molecule has 84 valence electrons. The van der Waals surface area contributed by atoms with Crippen LogP contribution in [0.2, 0.25) is 0 Å². The van der Waals surface area contributed by atoms with E-state index in [9.17, 15) is 13.6 Å². The fraction of sp³-hybridized carbons (Fsp3) is 0.222. The third-order valence-corrected chi connectivity index (χ3v) is 2.34. The van der Waals surface area contributed by atoms with Crippen LogP contribution in [-0.2, 0) is 11.2 Å². The molecule has 0 saturated heterocycles. The van der Waals surface area contributed by atoms with Crippen molar-refractivity contribution in [3.8, 4) is 6.07 Å². The van der Waals surface area contributed by atoms with E-state index < -0.39 is 24.4 Å². The predicted molar refractivity (Wildman–Crippen MR) is 52.9 cm³/mol. The lowest BCUT2D eigenvalue weighted by molar-refractivity contribution is -0.136. The molecule has 1 rings (SSSR count). The van der Waals surface area contributed by atoms with Crippen LogP contribution in [0.25, 0.3) is 0 Å². The highest BCUT2D eigenvalue weighted by Gasteiger charge is 2.19. The van der Waals surface area contributed by atoms with Crippen LogP contribution in [0.3, 0.4) is 0 Å². The molecule has 0 bridgehead atoms. The first-order chi connectivity index (χ1) is 7.45. The number of pyridine rings is 1. The fourth-order valence-corrected chi connectivity index (χ4v) is 1.73. The average Bonchev–Trinajstić information content (AvgIpc) is 2.14. The largest absolute Gasteiger partial charge is 0.481 e. The molecular weight excluding hydrogens is 286 g/mol. The van der Waals surface area contributed by atoms with E-state index in [1.165, 1.54) is 0 Å². The average molecular weight is 291 g/mol. The molecule has 1 N–H and O–H groups in total. The second-order valence-electron chi connectivity index (χ2n) is 2.85. The number of nitriles is 1. The summed E-state index contributed by atoms with van der Waals surface area (Å²) in [5, 5.41) is 17.2. The first-order valence-corrected chi connectivity index (χ1v) is 4.84. The van der Waals surface area contributed by atoms with Gasteiger partial charge in [0.2, 0.25) is 0 Å². The first kappa shape index (κ1) is 12.5. The molecule has 0 fully saturated rings. The van der Waals surface area contributed by atoms with E-state index in [1.807, 2.05) is 0 Å². The molecule has 0 atom stereocenters. The maximum absolute atomic E-state index is 12.5. The van der Waals surface area contributed by atoms with Crippen molar-refractivity contribution in [3.63, 3.8) is 0 Å². The maximum Gasteiger partial charge on any atom is 0.309 e. The van der Waals surface area contributed by atoms with Crippen molar-refractivity contribution in [1.82, 2.24) is 4.98 Å². The molecule has 0 aliphatic carbocycles. The number of alkyl halides is 2. The molecule has 0 aromatic carbocycles. The molecule has 0 unspecified atom stereocenters. The van der Waals surface area contributed by atoms with E-state index in [-0.39, 0.29) is 15.9 Å². The van der Waals surface area contributed by atoms with Crippen molar-refractivity contribution in [3.05, 3.63) is 27.5 Å². The van der Waals surface area contributed by atoms with Gasteiger partial charge in [0.25, 0.3) is 6.43 Å². The number of hydrogen-bond acceptors (Lipinski definition) is 3. The van der Waals surface area contributed by atoms with Crippen molar-refractivity contribution in [1.29, 1.82) is 5.26 Å². The van der Waals surface area contributed by atoms with Gasteiger partial charge in [-0.15, -0.1) is 0 Å². The molecule has 7 heteroatoms. The Hall–Kier alpha value is -1.55. The zero-order valence-corrected chi connectivity index (χ0v) is 9.33. The Morgan fingerprint density at radius 1 is 1.69 bits per heavy atom. The van der Waals surface area contributed by atoms with Gasteiger partial charge in [-0.2, -0.15) is 5.26 Å². The molecule has 1 aromatic heterocycles. The summed E-state index contributed by atoms with van der Waals surface area (Å²) >= 11 is 2.79. The van der Waals surface area contributed by atoms with Crippen LogP contribution in [0, 0.1) is 11.3 Å². The Morgan fingerprint density at radius 3 is 2.75 bits per heavy atom. The van der Waals surface area contributed by atoms with Gasteiger partial charge in [0.15, 0.2) is 0 Å². The quantitative estimate of drug-likeness (QED) is 0.867. The van der Waals surface area contributed by atoms with Crippen molar-refractivity contribution < 1.29 is 18.7 Å². The summed E-state index contributed by atoms with van der Waals surface area (Å²) in [6.07, 6.45) is -3.26. The summed E-state index contributed by atoms with van der Waals surface area (Å²) in [6.45, 7) is 0. The van der Waals surface area contributed by atoms with E-state index >= 15 is 0 Å². The summed E-state index contributed by atoms with van der Waals surface area (Å²) in [5.41, 5.74) is -0.731. The maximum atomic E-state index is 12.5. The molecule has 0 amide bonds. The Bertz CT molecular complexity index is 471. The number of rotatable bonds is 3. The van der Waals surface area contributed by atoms with Crippen LogP contribution in [0.5, 0.6) is 0 Å². The highest BCUT2D eigenvalue weighted by molar-refractivity contribution is 9.10. The molecule has 0 aliphatic heterocycles. The summed E-state index contributed by atoms with van der Waals surface area (Å²) in [7, 11) is 0. The smallest absolute Gasteiger partial charge is 0.309 e. The number of carboxylic acids is 1. The minimum absolute atomic E-state index is 0.0559. The summed E-state index contributed by atoms with van der Waals surface area (Å²) in [5.74, 6) is -1.15. The van der Waals surface area contributed by atoms with Crippen LogP contribution >= 0.6 is 15.9 Å². The van der Waals surface area contributed by atoms with Crippen LogP contribution in [-0.4, -0.2) is 16.1 Å². The SMILES string of the molecule is N#Cc1cc(CC(=O)O)nc(Br)c1C(F)F. The first-order valence-electron chi connectivity index (χ1n) is 4.05. The van der Waals surface area contributed by atoms with Gasteiger partial charge in [0, 0.05) is 0 Å². The number of carbonyl (C=O) groups is 1.